The zero-order valence-electron chi connectivity index (χ0n) is 16.7. The first kappa shape index (κ1) is 20.6. The lowest BCUT2D eigenvalue weighted by atomic mass is 10.2. The minimum atomic E-state index is -0.930. The molecule has 2 N–H and O–H groups in total. The number of hydrogen-bond acceptors (Lipinski definition) is 5. The summed E-state index contributed by atoms with van der Waals surface area (Å²) in [6, 6.07) is 9.65. The van der Waals surface area contributed by atoms with Crippen LogP contribution in [-0.4, -0.2) is 32.0 Å². The second kappa shape index (κ2) is 9.41. The lowest BCUT2D eigenvalue weighted by Crippen LogP contribution is -2.10. The number of nitrogens with zero attached hydrogens (tertiary/aromatic N) is 3. The molecule has 0 bridgehead atoms. The molecule has 0 aliphatic heterocycles. The van der Waals surface area contributed by atoms with Gasteiger partial charge in [-0.1, -0.05) is 18.2 Å². The molecule has 3 rings (SSSR count). The molecule has 0 spiro atoms. The predicted octanol–water partition coefficient (Wildman–Crippen LogP) is 4.01. The van der Waals surface area contributed by atoms with Crippen LogP contribution in [0.5, 0.6) is 0 Å². The monoisotopic (exact) mass is 400 g/mol. The van der Waals surface area contributed by atoms with Crippen molar-refractivity contribution in [2.75, 3.05) is 18.6 Å². The Kier molecular flexibility index (Phi) is 6.93. The van der Waals surface area contributed by atoms with E-state index in [0.717, 1.165) is 53.1 Å². The zero-order chi connectivity index (χ0) is 20.1. The highest BCUT2D eigenvalue weighted by Crippen LogP contribution is 2.28. The van der Waals surface area contributed by atoms with Gasteiger partial charge in [0.15, 0.2) is 10.7 Å². The number of benzene rings is 1. The van der Waals surface area contributed by atoms with E-state index in [4.69, 9.17) is 15.5 Å². The third-order valence-corrected chi connectivity index (χ3v) is 6.40. The van der Waals surface area contributed by atoms with Gasteiger partial charge < -0.3 is 19.6 Å². The molecule has 6 nitrogen and oxygen atoms in total. The van der Waals surface area contributed by atoms with E-state index in [1.807, 2.05) is 44.2 Å². The minimum Gasteiger partial charge on any atom is -0.611 e. The number of methoxy groups -OCH3 is 1. The van der Waals surface area contributed by atoms with Gasteiger partial charge in [-0.3, -0.25) is 0 Å². The van der Waals surface area contributed by atoms with Gasteiger partial charge in [-0.05, 0) is 62.0 Å². The summed E-state index contributed by atoms with van der Waals surface area (Å²) < 4.78 is 20.0. The summed E-state index contributed by atoms with van der Waals surface area (Å²) >= 11 is -0.930. The summed E-state index contributed by atoms with van der Waals surface area (Å²) in [6.45, 7) is 4.83. The van der Waals surface area contributed by atoms with Crippen molar-refractivity contribution < 1.29 is 9.29 Å². The van der Waals surface area contributed by atoms with Crippen molar-refractivity contribution in [1.29, 1.82) is 0 Å². The number of fused-ring (bicyclic) bond motifs is 1. The van der Waals surface area contributed by atoms with Crippen molar-refractivity contribution in [2.24, 2.45) is 0 Å². The summed E-state index contributed by atoms with van der Waals surface area (Å²) in [7, 11) is 1.68. The lowest BCUT2D eigenvalue weighted by Gasteiger charge is -2.14. The predicted molar refractivity (Wildman–Crippen MR) is 114 cm³/mol. The van der Waals surface area contributed by atoms with Crippen molar-refractivity contribution in [1.82, 2.24) is 14.5 Å². The second-order valence-electron chi connectivity index (χ2n) is 6.95. The van der Waals surface area contributed by atoms with Gasteiger partial charge in [0, 0.05) is 19.9 Å². The van der Waals surface area contributed by atoms with Crippen molar-refractivity contribution in [3.05, 3.63) is 47.9 Å². The number of pyridine rings is 1. The maximum atomic E-state index is 12.3. The molecule has 2 heterocycles. The van der Waals surface area contributed by atoms with Crippen molar-refractivity contribution >= 4 is 28.0 Å². The maximum Gasteiger partial charge on any atom is 0.152 e. The van der Waals surface area contributed by atoms with Crippen molar-refractivity contribution in [2.45, 2.75) is 50.7 Å². The molecule has 3 aromatic rings. The second-order valence-corrected chi connectivity index (χ2v) is 8.52. The molecule has 1 aromatic carbocycles. The number of rotatable bonds is 9. The molecule has 7 heteroatoms. The molecule has 0 fully saturated rings. The Morgan fingerprint density at radius 3 is 2.68 bits per heavy atom. The highest BCUT2D eigenvalue weighted by molar-refractivity contribution is 7.91. The Morgan fingerprint density at radius 1 is 1.21 bits per heavy atom. The van der Waals surface area contributed by atoms with Crippen LogP contribution in [-0.2, 0) is 22.5 Å². The summed E-state index contributed by atoms with van der Waals surface area (Å²) in [4.78, 5) is 9.84. The Labute approximate surface area is 169 Å². The third kappa shape index (κ3) is 4.48. The van der Waals surface area contributed by atoms with Crippen LogP contribution in [0.15, 0.2) is 41.4 Å². The van der Waals surface area contributed by atoms with Crippen LogP contribution < -0.4 is 5.73 Å². The number of anilines is 1. The molecule has 150 valence electrons. The standard InChI is InChI=1S/C21H28N4O2S/c1-15-14-23-20(22)18-19(15)25(21(24-18)16(2)27-3)12-8-5-9-13-28(26)17-10-6-4-7-11-17/h4,6-7,10-11,14,16H,5,8-9,12-13H2,1-3H3,(H2,22,23). The number of nitrogen functional groups attached to an aromatic ring is 1. The number of aromatic nitrogens is 3. The maximum absolute atomic E-state index is 12.3. The van der Waals surface area contributed by atoms with Gasteiger partial charge in [-0.2, -0.15) is 0 Å². The van der Waals surface area contributed by atoms with E-state index in [-0.39, 0.29) is 6.10 Å². The fourth-order valence-electron chi connectivity index (χ4n) is 3.35. The van der Waals surface area contributed by atoms with Gasteiger partial charge in [0.25, 0.3) is 0 Å². The van der Waals surface area contributed by atoms with E-state index in [1.54, 1.807) is 13.3 Å². The highest BCUT2D eigenvalue weighted by Gasteiger charge is 2.19. The van der Waals surface area contributed by atoms with Crippen molar-refractivity contribution in [3.8, 4) is 0 Å². The van der Waals surface area contributed by atoms with E-state index in [2.05, 4.69) is 9.55 Å². The van der Waals surface area contributed by atoms with E-state index in [0.29, 0.717) is 11.6 Å². The highest BCUT2D eigenvalue weighted by atomic mass is 32.2. The van der Waals surface area contributed by atoms with Gasteiger partial charge >= 0.3 is 0 Å². The average Bonchev–Trinajstić information content (AvgIpc) is 3.11. The Morgan fingerprint density at radius 2 is 1.96 bits per heavy atom. The normalized spacial score (nSPS) is 13.7. The van der Waals surface area contributed by atoms with Crippen LogP contribution in [0.1, 0.15) is 43.7 Å². The molecule has 2 aromatic heterocycles. The molecule has 0 aliphatic carbocycles. The first-order valence-corrected chi connectivity index (χ1v) is 10.9. The first-order chi connectivity index (χ1) is 13.5. The van der Waals surface area contributed by atoms with Crippen molar-refractivity contribution in [3.63, 3.8) is 0 Å². The van der Waals surface area contributed by atoms with E-state index in [1.165, 1.54) is 0 Å². The Hall–Kier alpha value is -2.09. The molecule has 2 atom stereocenters. The number of imidazole rings is 1. The summed E-state index contributed by atoms with van der Waals surface area (Å²) in [5, 5.41) is 0. The molecule has 0 saturated carbocycles. The number of unbranched alkanes of at least 4 members (excludes halogenated alkanes) is 2. The van der Waals surface area contributed by atoms with Crippen LogP contribution >= 0.6 is 0 Å². The van der Waals surface area contributed by atoms with Gasteiger partial charge in [-0.25, -0.2) is 9.97 Å². The number of aryl methyl sites for hydroxylation is 2. The topological polar surface area (TPSA) is 89.0 Å². The number of nitrogens with two attached hydrogens (primary N) is 1. The fraction of sp³-hybridized carbons (Fsp3) is 0.429. The first-order valence-electron chi connectivity index (χ1n) is 9.60. The smallest absolute Gasteiger partial charge is 0.152 e. The molecular weight excluding hydrogens is 372 g/mol. The summed E-state index contributed by atoms with van der Waals surface area (Å²) in [5.41, 5.74) is 8.87. The molecule has 0 amide bonds. The Balaban J connectivity index is 1.66. The minimum absolute atomic E-state index is 0.128. The summed E-state index contributed by atoms with van der Waals surface area (Å²) in [6.07, 6.45) is 4.56. The van der Waals surface area contributed by atoms with E-state index >= 15 is 0 Å². The van der Waals surface area contributed by atoms with Gasteiger partial charge in [0.1, 0.15) is 23.2 Å². The van der Waals surface area contributed by atoms with Crippen LogP contribution in [0, 0.1) is 6.92 Å². The SMILES string of the molecule is COC(C)c1nc2c(N)ncc(C)c2n1CCCCC[S+]([O-])c1ccccc1. The van der Waals surface area contributed by atoms with Crippen LogP contribution in [0.3, 0.4) is 0 Å². The zero-order valence-corrected chi connectivity index (χ0v) is 17.5. The molecular formula is C21H28N4O2S. The largest absolute Gasteiger partial charge is 0.611 e. The molecule has 2 unspecified atom stereocenters. The van der Waals surface area contributed by atoms with Gasteiger partial charge in [0.05, 0.1) is 5.52 Å². The molecule has 28 heavy (non-hydrogen) atoms. The fourth-order valence-corrected chi connectivity index (χ4v) is 4.51. The lowest BCUT2D eigenvalue weighted by molar-refractivity contribution is 0.109. The third-order valence-electron chi connectivity index (χ3n) is 4.95. The van der Waals surface area contributed by atoms with Gasteiger partial charge in [0.2, 0.25) is 0 Å². The number of ether oxygens (including phenoxy) is 1. The molecule has 0 saturated heterocycles. The van der Waals surface area contributed by atoms with Gasteiger partial charge in [-0.15, -0.1) is 0 Å². The summed E-state index contributed by atoms with van der Waals surface area (Å²) in [5.74, 6) is 2.00. The molecule has 0 aliphatic rings. The van der Waals surface area contributed by atoms with Crippen LogP contribution in [0.4, 0.5) is 5.82 Å². The quantitative estimate of drug-likeness (QED) is 0.433. The molecule has 0 radical (unpaired) electrons. The van der Waals surface area contributed by atoms with Crippen LogP contribution in [0.2, 0.25) is 0 Å². The van der Waals surface area contributed by atoms with E-state index in [9.17, 15) is 4.55 Å². The Bertz CT molecular complexity index is 914. The van der Waals surface area contributed by atoms with Crippen LogP contribution in [0.25, 0.3) is 11.0 Å². The average molecular weight is 401 g/mol. The number of hydrogen-bond donors (Lipinski definition) is 1. The van der Waals surface area contributed by atoms with E-state index < -0.39 is 11.2 Å².